The van der Waals surface area contributed by atoms with Crippen molar-refractivity contribution in [3.63, 3.8) is 0 Å². The van der Waals surface area contributed by atoms with Gasteiger partial charge in [0.05, 0.1) is 24.1 Å². The van der Waals surface area contributed by atoms with Gasteiger partial charge in [0.25, 0.3) is 0 Å². The standard InChI is InChI=1S/C20H20F2N2O3S/c1-3-20(7-8-27-17-10-12(21)9-15(22)18(17)20)14-11-23-19-13(14)5-4-6-16(19)24-28(2,25)26/h4-6,9-11,23-24H,3,7-8H2,1-2H3. The number of sulfonamides is 1. The van der Waals surface area contributed by atoms with Crippen LogP contribution in [0.15, 0.2) is 36.5 Å². The molecular formula is C20H20F2N2O3S. The molecule has 2 N–H and O–H groups in total. The highest BCUT2D eigenvalue weighted by Gasteiger charge is 2.42. The van der Waals surface area contributed by atoms with Gasteiger partial charge in [-0.1, -0.05) is 19.1 Å². The minimum absolute atomic E-state index is 0.213. The summed E-state index contributed by atoms with van der Waals surface area (Å²) in [7, 11) is -3.46. The average molecular weight is 406 g/mol. The Bertz CT molecular complexity index is 1170. The number of ether oxygens (including phenoxy) is 1. The van der Waals surface area contributed by atoms with E-state index in [2.05, 4.69) is 9.71 Å². The highest BCUT2D eigenvalue weighted by atomic mass is 32.2. The molecule has 4 rings (SSSR count). The van der Waals surface area contributed by atoms with E-state index in [1.807, 2.05) is 13.0 Å². The lowest BCUT2D eigenvalue weighted by atomic mass is 9.68. The Morgan fingerprint density at radius 3 is 2.79 bits per heavy atom. The van der Waals surface area contributed by atoms with Gasteiger partial charge in [0.1, 0.15) is 17.4 Å². The molecule has 1 aromatic heterocycles. The number of benzene rings is 2. The number of H-pyrrole nitrogens is 1. The lowest BCUT2D eigenvalue weighted by Crippen LogP contribution is -2.34. The predicted octanol–water partition coefficient (Wildman–Crippen LogP) is 4.30. The number of rotatable bonds is 4. The first kappa shape index (κ1) is 18.7. The fourth-order valence-electron chi connectivity index (χ4n) is 4.24. The fourth-order valence-corrected chi connectivity index (χ4v) is 4.81. The number of nitrogens with one attached hydrogen (secondary N) is 2. The number of anilines is 1. The van der Waals surface area contributed by atoms with Crippen LogP contribution in [0.5, 0.6) is 5.75 Å². The molecule has 1 aliphatic rings. The van der Waals surface area contributed by atoms with E-state index in [1.54, 1.807) is 18.3 Å². The van der Waals surface area contributed by atoms with E-state index < -0.39 is 27.1 Å². The number of aromatic amines is 1. The molecule has 0 saturated heterocycles. The molecule has 0 amide bonds. The zero-order chi connectivity index (χ0) is 20.1. The molecule has 8 heteroatoms. The van der Waals surface area contributed by atoms with Crippen molar-refractivity contribution in [1.29, 1.82) is 0 Å². The summed E-state index contributed by atoms with van der Waals surface area (Å²) >= 11 is 0. The summed E-state index contributed by atoms with van der Waals surface area (Å²) in [6, 6.07) is 7.37. The lowest BCUT2D eigenvalue weighted by molar-refractivity contribution is 0.224. The molecule has 1 unspecified atom stereocenters. The Morgan fingerprint density at radius 2 is 2.07 bits per heavy atom. The van der Waals surface area contributed by atoms with Gasteiger partial charge < -0.3 is 9.72 Å². The maximum atomic E-state index is 14.9. The number of hydrogen-bond acceptors (Lipinski definition) is 3. The first-order valence-electron chi connectivity index (χ1n) is 8.96. The molecule has 148 valence electrons. The molecule has 1 aliphatic heterocycles. The zero-order valence-electron chi connectivity index (χ0n) is 15.5. The molecule has 5 nitrogen and oxygen atoms in total. The Balaban J connectivity index is 1.97. The maximum Gasteiger partial charge on any atom is 0.229 e. The summed E-state index contributed by atoms with van der Waals surface area (Å²) in [6.07, 6.45) is 3.96. The molecule has 0 radical (unpaired) electrons. The van der Waals surface area contributed by atoms with Crippen molar-refractivity contribution in [2.75, 3.05) is 17.6 Å². The number of aromatic nitrogens is 1. The fraction of sp³-hybridized carbons (Fsp3) is 0.300. The van der Waals surface area contributed by atoms with E-state index >= 15 is 0 Å². The third-order valence-electron chi connectivity index (χ3n) is 5.41. The van der Waals surface area contributed by atoms with Crippen LogP contribution in [0.4, 0.5) is 14.5 Å². The summed E-state index contributed by atoms with van der Waals surface area (Å²) in [4.78, 5) is 3.13. The van der Waals surface area contributed by atoms with Gasteiger partial charge in [0, 0.05) is 34.7 Å². The second kappa shape index (κ2) is 6.48. The minimum Gasteiger partial charge on any atom is -0.493 e. The zero-order valence-corrected chi connectivity index (χ0v) is 16.3. The van der Waals surface area contributed by atoms with Crippen LogP contribution in [0.3, 0.4) is 0 Å². The molecule has 0 fully saturated rings. The van der Waals surface area contributed by atoms with Gasteiger partial charge in [0.15, 0.2) is 0 Å². The third-order valence-corrected chi connectivity index (χ3v) is 6.00. The van der Waals surface area contributed by atoms with E-state index in [1.165, 1.54) is 6.07 Å². The number of hydrogen-bond donors (Lipinski definition) is 2. The van der Waals surface area contributed by atoms with Gasteiger partial charge in [0.2, 0.25) is 10.0 Å². The SMILES string of the molecule is CCC1(c2c[nH]c3c(NS(C)(=O)=O)cccc23)CCOc2cc(F)cc(F)c21. The molecule has 0 spiro atoms. The van der Waals surface area contributed by atoms with Gasteiger partial charge in [-0.3, -0.25) is 4.72 Å². The molecule has 0 bridgehead atoms. The lowest BCUT2D eigenvalue weighted by Gasteiger charge is -2.38. The van der Waals surface area contributed by atoms with Crippen LogP contribution in [0, 0.1) is 11.6 Å². The molecule has 0 saturated carbocycles. The van der Waals surface area contributed by atoms with Gasteiger partial charge >= 0.3 is 0 Å². The molecule has 3 aromatic rings. The quantitative estimate of drug-likeness (QED) is 0.679. The van der Waals surface area contributed by atoms with Crippen molar-refractivity contribution in [3.8, 4) is 5.75 Å². The summed E-state index contributed by atoms with van der Waals surface area (Å²) in [5.41, 5.74) is 1.49. The largest absolute Gasteiger partial charge is 0.493 e. The third kappa shape index (κ3) is 2.92. The summed E-state index contributed by atoms with van der Waals surface area (Å²) in [5.74, 6) is -1.11. The van der Waals surface area contributed by atoms with Crippen LogP contribution in [-0.4, -0.2) is 26.3 Å². The Hall–Kier alpha value is -2.61. The normalized spacial score (nSPS) is 19.3. The van der Waals surface area contributed by atoms with Crippen molar-refractivity contribution in [2.24, 2.45) is 0 Å². The molecular weight excluding hydrogens is 386 g/mol. The van der Waals surface area contributed by atoms with Crippen LogP contribution < -0.4 is 9.46 Å². The van der Waals surface area contributed by atoms with Gasteiger partial charge in [-0.25, -0.2) is 17.2 Å². The minimum atomic E-state index is -3.46. The molecule has 28 heavy (non-hydrogen) atoms. The first-order chi connectivity index (χ1) is 13.2. The van der Waals surface area contributed by atoms with E-state index in [-0.39, 0.29) is 5.75 Å². The van der Waals surface area contributed by atoms with E-state index in [9.17, 15) is 17.2 Å². The maximum absolute atomic E-state index is 14.9. The van der Waals surface area contributed by atoms with E-state index in [0.29, 0.717) is 36.2 Å². The van der Waals surface area contributed by atoms with Crippen LogP contribution in [0.25, 0.3) is 10.9 Å². The Labute approximate surface area is 161 Å². The summed E-state index contributed by atoms with van der Waals surface area (Å²) in [6.45, 7) is 2.28. The smallest absolute Gasteiger partial charge is 0.229 e. The highest BCUT2D eigenvalue weighted by Crippen LogP contribution is 2.49. The molecule has 2 heterocycles. The van der Waals surface area contributed by atoms with Gasteiger partial charge in [-0.05, 0) is 24.5 Å². The van der Waals surface area contributed by atoms with Crippen molar-refractivity contribution < 1.29 is 21.9 Å². The average Bonchev–Trinajstić information content (AvgIpc) is 3.05. The molecule has 1 atom stereocenters. The van der Waals surface area contributed by atoms with Crippen LogP contribution in [-0.2, 0) is 15.4 Å². The highest BCUT2D eigenvalue weighted by molar-refractivity contribution is 7.92. The van der Waals surface area contributed by atoms with Crippen molar-refractivity contribution in [2.45, 2.75) is 25.2 Å². The Kier molecular flexibility index (Phi) is 4.33. The summed E-state index contributed by atoms with van der Waals surface area (Å²) < 4.78 is 60.0. The van der Waals surface area contributed by atoms with E-state index in [4.69, 9.17) is 4.74 Å². The van der Waals surface area contributed by atoms with Gasteiger partial charge in [-0.2, -0.15) is 0 Å². The molecule has 2 aromatic carbocycles. The first-order valence-corrected chi connectivity index (χ1v) is 10.8. The van der Waals surface area contributed by atoms with Crippen LogP contribution >= 0.6 is 0 Å². The molecule has 0 aliphatic carbocycles. The van der Waals surface area contributed by atoms with Crippen molar-refractivity contribution in [1.82, 2.24) is 4.98 Å². The topological polar surface area (TPSA) is 71.2 Å². The van der Waals surface area contributed by atoms with Crippen LogP contribution in [0.2, 0.25) is 0 Å². The second-order valence-corrected chi connectivity index (χ2v) is 8.85. The monoisotopic (exact) mass is 406 g/mol. The van der Waals surface area contributed by atoms with Crippen LogP contribution in [0.1, 0.15) is 30.9 Å². The number of fused-ring (bicyclic) bond motifs is 2. The Morgan fingerprint density at radius 1 is 1.29 bits per heavy atom. The van der Waals surface area contributed by atoms with Gasteiger partial charge in [-0.15, -0.1) is 0 Å². The second-order valence-electron chi connectivity index (χ2n) is 7.10. The van der Waals surface area contributed by atoms with Crippen molar-refractivity contribution >= 4 is 26.6 Å². The van der Waals surface area contributed by atoms with Crippen molar-refractivity contribution in [3.05, 3.63) is 59.3 Å². The predicted molar refractivity (Wildman–Crippen MR) is 104 cm³/mol. The number of halogens is 2. The summed E-state index contributed by atoms with van der Waals surface area (Å²) in [5, 5.41) is 0.784. The number of para-hydroxylation sites is 1. The van der Waals surface area contributed by atoms with E-state index in [0.717, 1.165) is 23.3 Å².